The van der Waals surface area contributed by atoms with Crippen molar-refractivity contribution in [3.05, 3.63) is 28.8 Å². The first kappa shape index (κ1) is 21.0. The number of hydrogen-bond donors (Lipinski definition) is 4. The fraction of sp³-hybridized carbons (Fsp3) is 0.500. The molecule has 1 unspecified atom stereocenters. The van der Waals surface area contributed by atoms with Crippen LogP contribution in [0, 0.1) is 12.3 Å². The van der Waals surface area contributed by atoms with Crippen molar-refractivity contribution in [2.75, 3.05) is 11.3 Å². The van der Waals surface area contributed by atoms with Crippen molar-refractivity contribution in [3.63, 3.8) is 0 Å². The molecule has 0 heterocycles. The second-order valence-corrected chi connectivity index (χ2v) is 8.04. The van der Waals surface area contributed by atoms with E-state index in [1.807, 2.05) is 19.1 Å². The van der Waals surface area contributed by atoms with Gasteiger partial charge in [0.15, 0.2) is 0 Å². The predicted octanol–water partition coefficient (Wildman–Crippen LogP) is 3.83. The highest BCUT2D eigenvalue weighted by atomic mass is 127. The van der Waals surface area contributed by atoms with E-state index >= 15 is 0 Å². The maximum Gasteiger partial charge on any atom is 0.407 e. The largest absolute Gasteiger partial charge is 0.444 e. The highest BCUT2D eigenvalue weighted by molar-refractivity contribution is 14.2. The molecule has 134 valence electrons. The Balaban J connectivity index is 2.89. The average Bonchev–Trinajstić information content (AvgIpc) is 2.47. The molecular weight excluding hydrogens is 441 g/mol. The number of alkyl carbamates (subject to hydrolysis) is 1. The van der Waals surface area contributed by atoms with Gasteiger partial charge in [0.1, 0.15) is 5.60 Å². The minimum absolute atomic E-state index is 0.192. The summed E-state index contributed by atoms with van der Waals surface area (Å²) in [5, 5.41) is 19.9. The Hall–Kier alpha value is -1.00. The molecule has 4 N–H and O–H groups in total. The van der Waals surface area contributed by atoms with Gasteiger partial charge >= 0.3 is 6.09 Å². The topological polar surface area (TPSA) is 94.4 Å². The number of aliphatic hydroxyl groups excluding tert-OH is 1. The summed E-state index contributed by atoms with van der Waals surface area (Å²) in [5.74, 6) is 0. The maximum absolute atomic E-state index is 11.9. The molecule has 1 atom stereocenters. The summed E-state index contributed by atoms with van der Waals surface area (Å²) >= 11 is 2.13. The molecule has 24 heavy (non-hydrogen) atoms. The van der Waals surface area contributed by atoms with Gasteiger partial charge in [0, 0.05) is 42.1 Å². The lowest BCUT2D eigenvalue weighted by Gasteiger charge is -2.23. The molecule has 1 aromatic rings. The molecule has 0 spiro atoms. The van der Waals surface area contributed by atoms with Gasteiger partial charge in [0.2, 0.25) is 0 Å². The molecule has 0 radical (unpaired) electrons. The summed E-state index contributed by atoms with van der Waals surface area (Å²) in [4.78, 5) is 11.9. The van der Waals surface area contributed by atoms with Gasteiger partial charge in [0.05, 0.1) is 18.3 Å². The highest BCUT2D eigenvalue weighted by Gasteiger charge is 2.20. The Labute approximate surface area is 159 Å². The van der Waals surface area contributed by atoms with Gasteiger partial charge in [-0.2, -0.15) is 0 Å². The number of nitrogens with one attached hydrogen (secondary N) is 3. The van der Waals surface area contributed by atoms with Crippen LogP contribution < -0.4 is 10.0 Å². The molecule has 0 aliphatic rings. The first-order chi connectivity index (χ1) is 11.2. The minimum Gasteiger partial charge on any atom is -0.444 e. The van der Waals surface area contributed by atoms with Crippen LogP contribution in [0.3, 0.4) is 0 Å². The number of halogens is 1. The zero-order valence-corrected chi connectivity index (χ0v) is 17.2. The van der Waals surface area contributed by atoms with Crippen molar-refractivity contribution in [2.45, 2.75) is 45.8 Å². The zero-order chi connectivity index (χ0) is 18.3. The van der Waals surface area contributed by atoms with Crippen LogP contribution in [0.2, 0.25) is 0 Å². The van der Waals surface area contributed by atoms with Gasteiger partial charge in [-0.1, -0.05) is 6.07 Å². The lowest BCUT2D eigenvalue weighted by molar-refractivity contribution is 0.0482. The summed E-state index contributed by atoms with van der Waals surface area (Å²) in [5.41, 5.74) is 2.99. The van der Waals surface area contributed by atoms with Crippen LogP contribution in [0.25, 0.3) is 0 Å². The fourth-order valence-electron chi connectivity index (χ4n) is 2.21. The molecule has 0 aromatic heterocycles. The summed E-state index contributed by atoms with van der Waals surface area (Å²) < 4.78 is 8.36. The number of rotatable bonds is 7. The molecule has 0 aliphatic heterocycles. The molecule has 0 aliphatic carbocycles. The molecule has 1 aromatic carbocycles. The van der Waals surface area contributed by atoms with Crippen molar-refractivity contribution in [1.29, 1.82) is 5.41 Å². The monoisotopic (exact) mass is 465 g/mol. The Morgan fingerprint density at radius 3 is 2.67 bits per heavy atom. The summed E-state index contributed by atoms with van der Waals surface area (Å²) in [6.07, 6.45) is 1.22. The minimum atomic E-state index is -0.586. The van der Waals surface area contributed by atoms with Gasteiger partial charge in [-0.25, -0.2) is 4.79 Å². The number of amides is 1. The second kappa shape index (κ2) is 9.47. The average molecular weight is 465 g/mol. The van der Waals surface area contributed by atoms with Crippen LogP contribution in [-0.4, -0.2) is 35.7 Å². The molecule has 6 nitrogen and oxygen atoms in total. The summed E-state index contributed by atoms with van der Waals surface area (Å²) in [6, 6.07) is 3.39. The van der Waals surface area contributed by atoms with Gasteiger partial charge in [-0.15, -0.1) is 0 Å². The van der Waals surface area contributed by atoms with Crippen LogP contribution >= 0.6 is 30.3 Å². The highest BCUT2D eigenvalue weighted by Crippen LogP contribution is 2.26. The molecule has 8 heteroatoms. The van der Waals surface area contributed by atoms with E-state index in [0.29, 0.717) is 6.42 Å². The van der Waals surface area contributed by atoms with E-state index in [-0.39, 0.29) is 6.61 Å². The quantitative estimate of drug-likeness (QED) is 0.279. The van der Waals surface area contributed by atoms with Crippen molar-refractivity contribution >= 4 is 48.3 Å². The normalized spacial score (nSPS) is 12.4. The Morgan fingerprint density at radius 2 is 2.17 bits per heavy atom. The Morgan fingerprint density at radius 1 is 1.50 bits per heavy atom. The lowest BCUT2D eigenvalue weighted by atomic mass is 9.96. The number of hydrogen-bond acceptors (Lipinski definition) is 6. The van der Waals surface area contributed by atoms with E-state index in [2.05, 4.69) is 31.2 Å². The molecule has 0 saturated carbocycles. The van der Waals surface area contributed by atoms with Gasteiger partial charge < -0.3 is 25.3 Å². The molecule has 1 rings (SSSR count). The van der Waals surface area contributed by atoms with E-state index in [9.17, 15) is 9.90 Å². The first-order valence-electron chi connectivity index (χ1n) is 7.48. The number of aliphatic hydroxyl groups is 1. The molecular formula is C16H24IN3O3S. The second-order valence-electron chi connectivity index (χ2n) is 6.36. The van der Waals surface area contributed by atoms with Crippen LogP contribution in [-0.2, 0) is 11.2 Å². The van der Waals surface area contributed by atoms with E-state index in [1.165, 1.54) is 15.3 Å². The molecule has 0 bridgehead atoms. The zero-order valence-electron chi connectivity index (χ0n) is 14.3. The van der Waals surface area contributed by atoms with Gasteiger partial charge in [-0.3, -0.25) is 0 Å². The van der Waals surface area contributed by atoms with Crippen LogP contribution in [0.4, 0.5) is 10.5 Å². The Kier molecular flexibility index (Phi) is 8.31. The first-order valence-corrected chi connectivity index (χ1v) is 10.8. The van der Waals surface area contributed by atoms with E-state index < -0.39 is 17.7 Å². The number of ether oxygens (including phenoxy) is 1. The lowest BCUT2D eigenvalue weighted by Crippen LogP contribution is -2.42. The smallest absolute Gasteiger partial charge is 0.407 e. The van der Waals surface area contributed by atoms with Crippen LogP contribution in [0.1, 0.15) is 37.5 Å². The van der Waals surface area contributed by atoms with Crippen molar-refractivity contribution in [3.8, 4) is 0 Å². The fourth-order valence-corrected chi connectivity index (χ4v) is 3.19. The predicted molar refractivity (Wildman–Crippen MR) is 108 cm³/mol. The molecule has 0 fully saturated rings. The summed E-state index contributed by atoms with van der Waals surface area (Å²) in [6.45, 7) is 7.11. The summed E-state index contributed by atoms with van der Waals surface area (Å²) in [7, 11) is 1.43. The third-order valence-electron chi connectivity index (χ3n) is 3.33. The number of carbonyl (C=O) groups is 1. The van der Waals surface area contributed by atoms with E-state index in [1.54, 1.807) is 20.8 Å². The standard InChI is InChI=1S/C16H24IN3O3S/c1-10-11(5-6-14(20-24-17)13(10)8-18)7-12(9-21)19-15(22)23-16(2,3)4/h5-6,8,12,18,20-21H,7,9H2,1-4H3,(H,19,22). The number of anilines is 1. The SMILES string of the molecule is Cc1c(CC(CO)NC(=O)OC(C)(C)C)ccc(NSI)c1C=N. The third-order valence-corrected chi connectivity index (χ3v) is 4.29. The molecule has 0 saturated heterocycles. The van der Waals surface area contributed by atoms with E-state index in [4.69, 9.17) is 10.1 Å². The number of benzene rings is 1. The third kappa shape index (κ3) is 6.48. The number of carbonyl (C=O) groups excluding carboxylic acids is 1. The molecule has 1 amide bonds. The van der Waals surface area contributed by atoms with Crippen molar-refractivity contribution < 1.29 is 14.6 Å². The van der Waals surface area contributed by atoms with Gasteiger partial charge in [0.25, 0.3) is 0 Å². The van der Waals surface area contributed by atoms with Crippen molar-refractivity contribution in [2.24, 2.45) is 0 Å². The van der Waals surface area contributed by atoms with Crippen LogP contribution in [0.15, 0.2) is 12.1 Å². The van der Waals surface area contributed by atoms with Crippen LogP contribution in [0.5, 0.6) is 0 Å². The Bertz CT molecular complexity index is 591. The van der Waals surface area contributed by atoms with Gasteiger partial charge in [-0.05, 0) is 51.3 Å². The van der Waals surface area contributed by atoms with E-state index in [0.717, 1.165) is 22.4 Å². The van der Waals surface area contributed by atoms with Crippen molar-refractivity contribution in [1.82, 2.24) is 5.32 Å². The maximum atomic E-state index is 11.9.